The zero-order valence-corrected chi connectivity index (χ0v) is 16.5. The normalized spacial score (nSPS) is 15.2. The highest BCUT2D eigenvalue weighted by Crippen LogP contribution is 2.34. The average Bonchev–Trinajstić information content (AvgIpc) is 3.29. The number of nitriles is 1. The van der Waals surface area contributed by atoms with Crippen LogP contribution in [0.4, 0.5) is 4.79 Å². The van der Waals surface area contributed by atoms with Gasteiger partial charge < -0.3 is 4.42 Å². The molecule has 1 saturated heterocycles. The number of furan rings is 1. The number of halogens is 1. The van der Waals surface area contributed by atoms with Crippen LogP contribution in [0.25, 0.3) is 17.4 Å². The van der Waals surface area contributed by atoms with Crippen molar-refractivity contribution in [3.05, 3.63) is 87.5 Å². The Kier molecular flexibility index (Phi) is 5.26. The summed E-state index contributed by atoms with van der Waals surface area (Å²) in [5.74, 6) is 0.664. The standard InChI is InChI=1S/C22H13ClN2O3S/c23-17-7-3-6-14(10-17)19-9-8-18(28-19)11-20-21(26)25(22(27)29-20)13-16-5-2-1-4-15(16)12-24/h1-11H,13H2/b20-11+. The van der Waals surface area contributed by atoms with Gasteiger partial charge in [0.25, 0.3) is 11.1 Å². The maximum atomic E-state index is 12.7. The Morgan fingerprint density at radius 3 is 2.72 bits per heavy atom. The van der Waals surface area contributed by atoms with Crippen LogP contribution in [0.1, 0.15) is 16.9 Å². The first kappa shape index (κ1) is 19.1. The third kappa shape index (κ3) is 3.97. The first-order valence-electron chi connectivity index (χ1n) is 8.64. The second-order valence-corrected chi connectivity index (χ2v) is 7.68. The van der Waals surface area contributed by atoms with Gasteiger partial charge in [0.2, 0.25) is 0 Å². The number of imide groups is 1. The van der Waals surface area contributed by atoms with Gasteiger partial charge in [-0.25, -0.2) is 0 Å². The number of carbonyl (C=O) groups excluding carboxylic acids is 2. The molecular formula is C22H13ClN2O3S. The zero-order valence-electron chi connectivity index (χ0n) is 15.0. The number of hydrogen-bond donors (Lipinski definition) is 0. The summed E-state index contributed by atoms with van der Waals surface area (Å²) in [5, 5.41) is 9.43. The minimum absolute atomic E-state index is 0.0532. The van der Waals surface area contributed by atoms with Crippen molar-refractivity contribution in [1.29, 1.82) is 5.26 Å². The minimum atomic E-state index is -0.409. The van der Waals surface area contributed by atoms with E-state index in [-0.39, 0.29) is 16.7 Å². The number of thioether (sulfide) groups is 1. The van der Waals surface area contributed by atoms with E-state index in [2.05, 4.69) is 6.07 Å². The lowest BCUT2D eigenvalue weighted by Gasteiger charge is -2.13. The summed E-state index contributed by atoms with van der Waals surface area (Å²) < 4.78 is 5.79. The van der Waals surface area contributed by atoms with Gasteiger partial charge in [0.15, 0.2) is 0 Å². The highest BCUT2D eigenvalue weighted by atomic mass is 35.5. The Bertz CT molecular complexity index is 1190. The van der Waals surface area contributed by atoms with Crippen LogP contribution in [0.2, 0.25) is 5.02 Å². The quantitative estimate of drug-likeness (QED) is 0.505. The van der Waals surface area contributed by atoms with Crippen molar-refractivity contribution < 1.29 is 14.0 Å². The Morgan fingerprint density at radius 1 is 1.10 bits per heavy atom. The second-order valence-electron chi connectivity index (χ2n) is 6.25. The molecule has 0 saturated carbocycles. The molecule has 4 rings (SSSR count). The molecule has 0 radical (unpaired) electrons. The Hall–Kier alpha value is -3.27. The van der Waals surface area contributed by atoms with Crippen molar-refractivity contribution in [2.45, 2.75) is 6.54 Å². The summed E-state index contributed by atoms with van der Waals surface area (Å²) in [6.07, 6.45) is 1.55. The van der Waals surface area contributed by atoms with E-state index in [1.165, 1.54) is 0 Å². The number of amides is 2. The van der Waals surface area contributed by atoms with Gasteiger partial charge in [0.1, 0.15) is 11.5 Å². The molecule has 0 N–H and O–H groups in total. The fourth-order valence-electron chi connectivity index (χ4n) is 2.93. The van der Waals surface area contributed by atoms with E-state index in [1.54, 1.807) is 54.6 Å². The third-order valence-electron chi connectivity index (χ3n) is 4.35. The topological polar surface area (TPSA) is 74.3 Å². The van der Waals surface area contributed by atoms with Gasteiger partial charge in [-0.15, -0.1) is 0 Å². The van der Waals surface area contributed by atoms with E-state index < -0.39 is 5.91 Å². The maximum absolute atomic E-state index is 12.7. The number of rotatable bonds is 4. The predicted molar refractivity (Wildman–Crippen MR) is 112 cm³/mol. The molecule has 0 aliphatic carbocycles. The predicted octanol–water partition coefficient (Wildman–Crippen LogP) is 5.71. The zero-order chi connectivity index (χ0) is 20.4. The number of hydrogen-bond acceptors (Lipinski definition) is 5. The lowest BCUT2D eigenvalue weighted by molar-refractivity contribution is -0.123. The molecule has 1 aromatic heterocycles. The molecule has 29 heavy (non-hydrogen) atoms. The van der Waals surface area contributed by atoms with Crippen molar-refractivity contribution in [2.75, 3.05) is 0 Å². The van der Waals surface area contributed by atoms with E-state index in [4.69, 9.17) is 16.0 Å². The Morgan fingerprint density at radius 2 is 1.93 bits per heavy atom. The molecule has 2 amide bonds. The van der Waals surface area contributed by atoms with Gasteiger partial charge in [-0.3, -0.25) is 14.5 Å². The Labute approximate surface area is 176 Å². The summed E-state index contributed by atoms with van der Waals surface area (Å²) in [5.41, 5.74) is 1.88. The smallest absolute Gasteiger partial charge is 0.293 e. The van der Waals surface area contributed by atoms with Crippen LogP contribution in [-0.2, 0) is 11.3 Å². The highest BCUT2D eigenvalue weighted by Gasteiger charge is 2.35. The molecule has 5 nitrogen and oxygen atoms in total. The van der Waals surface area contributed by atoms with Crippen LogP contribution in [0, 0.1) is 11.3 Å². The molecule has 0 unspecified atom stereocenters. The van der Waals surface area contributed by atoms with Crippen LogP contribution in [0.3, 0.4) is 0 Å². The van der Waals surface area contributed by atoms with Crippen LogP contribution in [0.5, 0.6) is 0 Å². The summed E-state index contributed by atoms with van der Waals surface area (Å²) in [6, 6.07) is 19.7. The van der Waals surface area contributed by atoms with E-state index in [0.29, 0.717) is 27.7 Å². The first-order valence-corrected chi connectivity index (χ1v) is 9.84. The summed E-state index contributed by atoms with van der Waals surface area (Å²) in [4.78, 5) is 26.5. The molecular weight excluding hydrogens is 408 g/mol. The summed E-state index contributed by atoms with van der Waals surface area (Å²) in [6.45, 7) is 0.0532. The van der Waals surface area contributed by atoms with Crippen molar-refractivity contribution in [3.63, 3.8) is 0 Å². The van der Waals surface area contributed by atoms with Gasteiger partial charge in [-0.2, -0.15) is 5.26 Å². The summed E-state index contributed by atoms with van der Waals surface area (Å²) >= 11 is 6.86. The number of benzene rings is 2. The molecule has 7 heteroatoms. The van der Waals surface area contributed by atoms with E-state index >= 15 is 0 Å². The third-order valence-corrected chi connectivity index (χ3v) is 5.49. The number of carbonyl (C=O) groups is 2. The van der Waals surface area contributed by atoms with Gasteiger partial charge in [0, 0.05) is 16.7 Å². The molecule has 0 bridgehead atoms. The van der Waals surface area contributed by atoms with Gasteiger partial charge in [-0.05, 0) is 47.7 Å². The van der Waals surface area contributed by atoms with Crippen LogP contribution < -0.4 is 0 Å². The second kappa shape index (κ2) is 8.00. The van der Waals surface area contributed by atoms with Crippen LogP contribution >= 0.6 is 23.4 Å². The van der Waals surface area contributed by atoms with Crippen molar-refractivity contribution in [2.24, 2.45) is 0 Å². The lowest BCUT2D eigenvalue weighted by Crippen LogP contribution is -2.27. The molecule has 1 aliphatic heterocycles. The maximum Gasteiger partial charge on any atom is 0.293 e. The van der Waals surface area contributed by atoms with Gasteiger partial charge >= 0.3 is 0 Å². The Balaban J connectivity index is 1.56. The van der Waals surface area contributed by atoms with Crippen LogP contribution in [0.15, 0.2) is 70.0 Å². The van der Waals surface area contributed by atoms with Crippen molar-refractivity contribution in [3.8, 4) is 17.4 Å². The molecule has 142 valence electrons. The minimum Gasteiger partial charge on any atom is -0.457 e. The molecule has 0 atom stereocenters. The SMILES string of the molecule is N#Cc1ccccc1CN1C(=O)S/C(=C/c2ccc(-c3cccc(Cl)c3)o2)C1=O. The molecule has 0 spiro atoms. The number of nitrogens with zero attached hydrogens (tertiary/aromatic N) is 2. The molecule has 1 aliphatic rings. The van der Waals surface area contributed by atoms with Crippen molar-refractivity contribution in [1.82, 2.24) is 4.90 Å². The van der Waals surface area contributed by atoms with Crippen LogP contribution in [-0.4, -0.2) is 16.0 Å². The summed E-state index contributed by atoms with van der Waals surface area (Å²) in [7, 11) is 0. The van der Waals surface area contributed by atoms with E-state index in [0.717, 1.165) is 22.2 Å². The van der Waals surface area contributed by atoms with E-state index in [9.17, 15) is 14.9 Å². The highest BCUT2D eigenvalue weighted by molar-refractivity contribution is 8.18. The van der Waals surface area contributed by atoms with Gasteiger partial charge in [0.05, 0.1) is 23.1 Å². The fourth-order valence-corrected chi connectivity index (χ4v) is 3.94. The van der Waals surface area contributed by atoms with Crippen molar-refractivity contribution >= 4 is 40.6 Å². The van der Waals surface area contributed by atoms with E-state index in [1.807, 2.05) is 12.1 Å². The molecule has 2 heterocycles. The largest absolute Gasteiger partial charge is 0.457 e. The first-order chi connectivity index (χ1) is 14.0. The lowest BCUT2D eigenvalue weighted by atomic mass is 10.1. The molecule has 3 aromatic rings. The molecule has 1 fully saturated rings. The average molecular weight is 421 g/mol. The monoisotopic (exact) mass is 420 g/mol. The molecule has 2 aromatic carbocycles. The fraction of sp³-hybridized carbons (Fsp3) is 0.0455. The van der Waals surface area contributed by atoms with Gasteiger partial charge in [-0.1, -0.05) is 41.9 Å².